The number of fused-ring (bicyclic) bond motifs is 5. The molecule has 19 heteroatoms. The van der Waals surface area contributed by atoms with Crippen LogP contribution in [0.5, 0.6) is 0 Å². The third-order valence-electron chi connectivity index (χ3n) is 14.6. The number of rotatable bonds is 15. The molecule has 3 aromatic rings. The average molecular weight is 986 g/mol. The summed E-state index contributed by atoms with van der Waals surface area (Å²) >= 11 is 0. The maximum absolute atomic E-state index is 16.1. The van der Waals surface area contributed by atoms with Crippen molar-refractivity contribution in [2.75, 3.05) is 19.8 Å². The lowest BCUT2D eigenvalue weighted by Gasteiger charge is -2.67. The van der Waals surface area contributed by atoms with Crippen molar-refractivity contribution in [2.24, 2.45) is 16.7 Å². The SMILES string of the molecule is CC(=O)OC1C(=O)C2(C)C(OC(=O)OCCC(O)CO)CC3OCC3(OC(C)=O)C2C(OC(=O)c2ccccc2)C2(O)CC(OC(=O)C(O)C(NC(=O)c3ccccc3)c3ccccc3)C(C)=C1C2(C)C. The van der Waals surface area contributed by atoms with Gasteiger partial charge in [-0.25, -0.2) is 14.4 Å². The number of ether oxygens (including phenoxy) is 7. The van der Waals surface area contributed by atoms with Crippen molar-refractivity contribution < 1.29 is 87.1 Å². The van der Waals surface area contributed by atoms with Gasteiger partial charge in [0.2, 0.25) is 0 Å². The number of hydrogen-bond acceptors (Lipinski definition) is 18. The molecule has 12 atom stereocenters. The molecule has 380 valence electrons. The molecular formula is C52H59NO18. The lowest BCUT2D eigenvalue weighted by molar-refractivity contribution is -0.346. The fourth-order valence-corrected chi connectivity index (χ4v) is 10.9. The molecule has 5 N–H and O–H groups in total. The Labute approximate surface area is 409 Å². The Kier molecular flexibility index (Phi) is 15.2. The second-order valence-corrected chi connectivity index (χ2v) is 19.2. The summed E-state index contributed by atoms with van der Waals surface area (Å²) in [6.07, 6.45) is -14.1. The Morgan fingerprint density at radius 2 is 1.42 bits per heavy atom. The first-order valence-electron chi connectivity index (χ1n) is 23.2. The number of aliphatic hydroxyl groups excluding tert-OH is 3. The van der Waals surface area contributed by atoms with Crippen LogP contribution in [0.4, 0.5) is 4.79 Å². The Morgan fingerprint density at radius 1 is 0.817 bits per heavy atom. The van der Waals surface area contributed by atoms with Gasteiger partial charge < -0.3 is 58.9 Å². The molecule has 0 aromatic heterocycles. The van der Waals surface area contributed by atoms with E-state index in [2.05, 4.69) is 5.32 Å². The van der Waals surface area contributed by atoms with Crippen LogP contribution in [-0.4, -0.2) is 136 Å². The minimum Gasteiger partial charge on any atom is -0.456 e. The van der Waals surface area contributed by atoms with Gasteiger partial charge in [0.25, 0.3) is 5.91 Å². The fourth-order valence-electron chi connectivity index (χ4n) is 10.9. The van der Waals surface area contributed by atoms with Crippen molar-refractivity contribution >= 4 is 41.7 Å². The Balaban J connectivity index is 1.40. The second kappa shape index (κ2) is 20.7. The average Bonchev–Trinajstić information content (AvgIpc) is 3.33. The van der Waals surface area contributed by atoms with Gasteiger partial charge in [0.1, 0.15) is 30.0 Å². The summed E-state index contributed by atoms with van der Waals surface area (Å²) in [7, 11) is 0. The summed E-state index contributed by atoms with van der Waals surface area (Å²) in [4.78, 5) is 98.8. The maximum Gasteiger partial charge on any atom is 0.508 e. The lowest BCUT2D eigenvalue weighted by Crippen LogP contribution is -2.82. The van der Waals surface area contributed by atoms with Crippen molar-refractivity contribution in [3.8, 4) is 0 Å². The highest BCUT2D eigenvalue weighted by molar-refractivity contribution is 5.96. The molecule has 19 nitrogen and oxygen atoms in total. The Bertz CT molecular complexity index is 2530. The van der Waals surface area contributed by atoms with Crippen molar-refractivity contribution in [1.82, 2.24) is 5.32 Å². The highest BCUT2D eigenvalue weighted by Gasteiger charge is 2.79. The van der Waals surface area contributed by atoms with Gasteiger partial charge in [-0.15, -0.1) is 0 Å². The van der Waals surface area contributed by atoms with Crippen LogP contribution in [-0.2, 0) is 52.3 Å². The molecule has 2 bridgehead atoms. The molecule has 71 heavy (non-hydrogen) atoms. The molecule has 1 aliphatic heterocycles. The van der Waals surface area contributed by atoms with Crippen molar-refractivity contribution in [3.05, 3.63) is 119 Å². The summed E-state index contributed by atoms with van der Waals surface area (Å²) < 4.78 is 41.9. The number of amides is 1. The molecule has 0 spiro atoms. The molecule has 1 saturated heterocycles. The minimum absolute atomic E-state index is 0.000318. The van der Waals surface area contributed by atoms with Gasteiger partial charge in [-0.05, 0) is 54.8 Å². The van der Waals surface area contributed by atoms with E-state index >= 15 is 4.79 Å². The zero-order valence-electron chi connectivity index (χ0n) is 40.1. The summed E-state index contributed by atoms with van der Waals surface area (Å²) in [6.45, 7) is 6.54. The van der Waals surface area contributed by atoms with Gasteiger partial charge in [0.05, 0.1) is 48.9 Å². The summed E-state index contributed by atoms with van der Waals surface area (Å²) in [5, 5.41) is 47.8. The summed E-state index contributed by atoms with van der Waals surface area (Å²) in [5.41, 5.74) is -7.92. The van der Waals surface area contributed by atoms with Crippen LogP contribution in [0.15, 0.2) is 102 Å². The van der Waals surface area contributed by atoms with E-state index in [0.717, 1.165) is 13.8 Å². The molecule has 4 aliphatic rings. The minimum atomic E-state index is -2.52. The van der Waals surface area contributed by atoms with E-state index in [1.165, 1.54) is 39.8 Å². The van der Waals surface area contributed by atoms with Gasteiger partial charge in [-0.2, -0.15) is 0 Å². The largest absolute Gasteiger partial charge is 0.508 e. The van der Waals surface area contributed by atoms with E-state index in [4.69, 9.17) is 33.2 Å². The van der Waals surface area contributed by atoms with E-state index in [9.17, 15) is 49.2 Å². The Hall–Kier alpha value is -6.51. The first-order chi connectivity index (χ1) is 33.6. The second-order valence-electron chi connectivity index (χ2n) is 19.2. The zero-order valence-corrected chi connectivity index (χ0v) is 40.1. The number of esters is 4. The monoisotopic (exact) mass is 985 g/mol. The summed E-state index contributed by atoms with van der Waals surface area (Å²) in [5.74, 6) is -7.44. The van der Waals surface area contributed by atoms with Gasteiger partial charge in [0.15, 0.2) is 23.6 Å². The Morgan fingerprint density at radius 3 is 1.99 bits per heavy atom. The highest BCUT2D eigenvalue weighted by atomic mass is 16.7. The van der Waals surface area contributed by atoms with Gasteiger partial charge >= 0.3 is 30.0 Å². The third kappa shape index (κ3) is 9.80. The number of nitrogens with one attached hydrogen (secondary N) is 1. The molecule has 1 amide bonds. The van der Waals surface area contributed by atoms with Crippen LogP contribution >= 0.6 is 0 Å². The molecular weight excluding hydrogens is 927 g/mol. The number of carbonyl (C=O) groups is 7. The van der Waals surface area contributed by atoms with Crippen LogP contribution in [0.25, 0.3) is 0 Å². The molecule has 3 aromatic carbocycles. The van der Waals surface area contributed by atoms with Gasteiger partial charge in [-0.3, -0.25) is 19.2 Å². The molecule has 12 unspecified atom stereocenters. The van der Waals surface area contributed by atoms with Gasteiger partial charge in [0, 0.05) is 44.1 Å². The first kappa shape index (κ1) is 52.3. The van der Waals surface area contributed by atoms with Crippen LogP contribution in [0, 0.1) is 16.7 Å². The van der Waals surface area contributed by atoms with Crippen molar-refractivity contribution in [2.45, 2.75) is 121 Å². The number of carbonyl (C=O) groups excluding carboxylic acids is 7. The number of hydrogen-bond donors (Lipinski definition) is 5. The topological polar surface area (TPSA) is 277 Å². The quantitative estimate of drug-likeness (QED) is 0.0826. The van der Waals surface area contributed by atoms with Crippen LogP contribution in [0.2, 0.25) is 0 Å². The standard InChI is InChI=1S/C52H59NO18/c1-28-35(68-47(62)40(58)39(31-16-10-7-11-17-31)53-45(60)32-18-12-8-13-19-32)25-52(64)44(70-46(61)33-20-14-9-15-21-33)42-50(6,43(59)41(67-29(2)55)38(28)49(52,4)5)36(69-48(63)65-23-22-34(57)26-54)24-37-51(42,27-66-37)71-30(3)56/h7-21,34-37,39-42,44,54,57-58,64H,22-27H2,1-6H3,(H,53,60). The normalized spacial score (nSPS) is 29.6. The van der Waals surface area contributed by atoms with E-state index in [1.54, 1.807) is 78.9 Å². The smallest absolute Gasteiger partial charge is 0.456 e. The van der Waals surface area contributed by atoms with Crippen molar-refractivity contribution in [1.29, 1.82) is 0 Å². The van der Waals surface area contributed by atoms with E-state index in [1.807, 2.05) is 0 Å². The lowest BCUT2D eigenvalue weighted by atomic mass is 9.44. The number of aliphatic hydroxyl groups is 4. The third-order valence-corrected chi connectivity index (χ3v) is 14.6. The molecule has 3 fully saturated rings. The van der Waals surface area contributed by atoms with E-state index in [0.29, 0.717) is 5.56 Å². The maximum atomic E-state index is 16.1. The molecule has 1 heterocycles. The number of benzene rings is 3. The van der Waals surface area contributed by atoms with Crippen LogP contribution in [0.3, 0.4) is 0 Å². The van der Waals surface area contributed by atoms with Crippen molar-refractivity contribution in [3.63, 3.8) is 0 Å². The van der Waals surface area contributed by atoms with Crippen LogP contribution < -0.4 is 5.32 Å². The fraction of sp³-hybridized carbons (Fsp3) is 0.481. The van der Waals surface area contributed by atoms with Gasteiger partial charge in [-0.1, -0.05) is 80.6 Å². The number of Topliss-reactive ketones (excluding diaryl/α,β-unsaturated/α-hetero) is 1. The molecule has 0 radical (unpaired) electrons. The molecule has 7 rings (SSSR count). The van der Waals surface area contributed by atoms with Crippen LogP contribution in [0.1, 0.15) is 93.1 Å². The predicted octanol–water partition coefficient (Wildman–Crippen LogP) is 3.64. The molecule has 2 saturated carbocycles. The number of ketones is 1. The molecule has 3 aliphatic carbocycles. The van der Waals surface area contributed by atoms with E-state index < -0.39 is 145 Å². The predicted molar refractivity (Wildman–Crippen MR) is 246 cm³/mol. The van der Waals surface area contributed by atoms with E-state index in [-0.39, 0.29) is 35.1 Å². The highest BCUT2D eigenvalue weighted by Crippen LogP contribution is 2.65. The zero-order chi connectivity index (χ0) is 51.6. The summed E-state index contributed by atoms with van der Waals surface area (Å²) in [6, 6.07) is 22.5. The first-order valence-corrected chi connectivity index (χ1v) is 23.2.